The van der Waals surface area contributed by atoms with Gasteiger partial charge in [-0.2, -0.15) is 0 Å². The first-order valence-corrected chi connectivity index (χ1v) is 5.80. The molecule has 1 aliphatic rings. The van der Waals surface area contributed by atoms with Gasteiger partial charge in [0.2, 0.25) is 0 Å². The van der Waals surface area contributed by atoms with Crippen molar-refractivity contribution in [1.29, 1.82) is 0 Å². The van der Waals surface area contributed by atoms with Crippen molar-refractivity contribution in [3.05, 3.63) is 40.3 Å². The van der Waals surface area contributed by atoms with E-state index < -0.39 is 0 Å². The van der Waals surface area contributed by atoms with Crippen molar-refractivity contribution < 1.29 is 0 Å². The first kappa shape index (κ1) is 9.86. The molecule has 0 saturated carbocycles. The summed E-state index contributed by atoms with van der Waals surface area (Å²) in [6.45, 7) is 1.69. The average molecular weight is 277 g/mol. The Balaban J connectivity index is 2.03. The lowest BCUT2D eigenvalue weighted by atomic mass is 10.2. The highest BCUT2D eigenvalue weighted by molar-refractivity contribution is 9.10. The van der Waals surface area contributed by atoms with E-state index in [4.69, 9.17) is 0 Å². The number of nitrogens with one attached hydrogen (secondary N) is 1. The van der Waals surface area contributed by atoms with Crippen molar-refractivity contribution in [3.8, 4) is 11.5 Å². The molecule has 0 aliphatic carbocycles. The molecule has 2 aromatic heterocycles. The summed E-state index contributed by atoms with van der Waals surface area (Å²) in [7, 11) is 0. The molecule has 0 bridgehead atoms. The second-order valence-electron chi connectivity index (χ2n) is 3.63. The fourth-order valence-corrected chi connectivity index (χ4v) is 1.92. The SMILES string of the molecule is Brc1ccc(-c2ncc3c(n2)CNC3)nc1. The predicted octanol–water partition coefficient (Wildman–Crippen LogP) is 1.90. The van der Waals surface area contributed by atoms with Crippen molar-refractivity contribution in [1.82, 2.24) is 20.3 Å². The Morgan fingerprint density at radius 3 is 2.88 bits per heavy atom. The van der Waals surface area contributed by atoms with Crippen molar-refractivity contribution in [3.63, 3.8) is 0 Å². The third kappa shape index (κ3) is 1.72. The minimum atomic E-state index is 0.690. The van der Waals surface area contributed by atoms with E-state index in [0.29, 0.717) is 5.82 Å². The molecule has 16 heavy (non-hydrogen) atoms. The van der Waals surface area contributed by atoms with Crippen LogP contribution in [0.1, 0.15) is 11.3 Å². The van der Waals surface area contributed by atoms with Crippen LogP contribution < -0.4 is 5.32 Å². The van der Waals surface area contributed by atoms with Crippen LogP contribution in [0.15, 0.2) is 29.0 Å². The minimum Gasteiger partial charge on any atom is -0.307 e. The molecule has 0 fully saturated rings. The molecule has 0 atom stereocenters. The second kappa shape index (κ2) is 3.92. The Labute approximate surface area is 101 Å². The van der Waals surface area contributed by atoms with Crippen LogP contribution in [0.3, 0.4) is 0 Å². The van der Waals surface area contributed by atoms with E-state index >= 15 is 0 Å². The Hall–Kier alpha value is -1.33. The van der Waals surface area contributed by atoms with Crippen LogP contribution in [0, 0.1) is 0 Å². The molecule has 0 aromatic carbocycles. The minimum absolute atomic E-state index is 0.690. The van der Waals surface area contributed by atoms with Crippen LogP contribution in [0.5, 0.6) is 0 Å². The molecule has 0 saturated heterocycles. The van der Waals surface area contributed by atoms with Gasteiger partial charge in [-0.15, -0.1) is 0 Å². The summed E-state index contributed by atoms with van der Waals surface area (Å²) in [5.74, 6) is 0.690. The van der Waals surface area contributed by atoms with Gasteiger partial charge in [-0.25, -0.2) is 9.97 Å². The predicted molar refractivity (Wildman–Crippen MR) is 63.5 cm³/mol. The number of halogens is 1. The summed E-state index contributed by atoms with van der Waals surface area (Å²) in [5.41, 5.74) is 3.06. The summed E-state index contributed by atoms with van der Waals surface area (Å²) < 4.78 is 0.957. The topological polar surface area (TPSA) is 50.7 Å². The van der Waals surface area contributed by atoms with Gasteiger partial charge < -0.3 is 5.32 Å². The molecule has 3 heterocycles. The van der Waals surface area contributed by atoms with Gasteiger partial charge in [0.05, 0.1) is 5.69 Å². The Morgan fingerprint density at radius 1 is 1.12 bits per heavy atom. The molecule has 1 N–H and O–H groups in total. The fourth-order valence-electron chi connectivity index (χ4n) is 1.69. The maximum Gasteiger partial charge on any atom is 0.178 e. The zero-order valence-corrected chi connectivity index (χ0v) is 10.0. The lowest BCUT2D eigenvalue weighted by Crippen LogP contribution is -2.00. The van der Waals surface area contributed by atoms with Crippen LogP contribution in [-0.2, 0) is 13.1 Å². The first-order valence-electron chi connectivity index (χ1n) is 5.00. The van der Waals surface area contributed by atoms with Gasteiger partial charge in [0, 0.05) is 35.5 Å². The highest BCUT2D eigenvalue weighted by atomic mass is 79.9. The monoisotopic (exact) mass is 276 g/mol. The maximum absolute atomic E-state index is 4.50. The maximum atomic E-state index is 4.50. The van der Waals surface area contributed by atoms with E-state index in [1.807, 2.05) is 18.3 Å². The fraction of sp³-hybridized carbons (Fsp3) is 0.182. The number of aromatic nitrogens is 3. The molecule has 5 heteroatoms. The molecule has 2 aromatic rings. The van der Waals surface area contributed by atoms with Gasteiger partial charge in [-0.3, -0.25) is 4.98 Å². The molecule has 80 valence electrons. The Morgan fingerprint density at radius 2 is 2.06 bits per heavy atom. The standard InChI is InChI=1S/C11H9BrN4/c12-8-1-2-9(14-5-8)11-15-4-7-3-13-6-10(7)16-11/h1-2,4-5,13H,3,6H2. The van der Waals surface area contributed by atoms with E-state index in [1.54, 1.807) is 6.20 Å². The number of nitrogens with zero attached hydrogens (tertiary/aromatic N) is 3. The van der Waals surface area contributed by atoms with Crippen molar-refractivity contribution >= 4 is 15.9 Å². The van der Waals surface area contributed by atoms with E-state index in [-0.39, 0.29) is 0 Å². The van der Waals surface area contributed by atoms with Crippen LogP contribution in [0.25, 0.3) is 11.5 Å². The number of rotatable bonds is 1. The van der Waals surface area contributed by atoms with Crippen molar-refractivity contribution in [2.24, 2.45) is 0 Å². The highest BCUT2D eigenvalue weighted by Gasteiger charge is 2.13. The van der Waals surface area contributed by atoms with Gasteiger partial charge in [0.1, 0.15) is 5.69 Å². The second-order valence-corrected chi connectivity index (χ2v) is 4.55. The number of pyridine rings is 1. The Kier molecular flexibility index (Phi) is 2.41. The molecule has 1 aliphatic heterocycles. The summed E-state index contributed by atoms with van der Waals surface area (Å²) in [6, 6.07) is 3.85. The molecule has 0 unspecified atom stereocenters. The summed E-state index contributed by atoms with van der Waals surface area (Å²) in [4.78, 5) is 13.1. The van der Waals surface area contributed by atoms with Gasteiger partial charge in [-0.1, -0.05) is 0 Å². The third-order valence-electron chi connectivity index (χ3n) is 2.52. The smallest absolute Gasteiger partial charge is 0.178 e. The lowest BCUT2D eigenvalue weighted by molar-refractivity contribution is 0.758. The molecule has 0 radical (unpaired) electrons. The summed E-state index contributed by atoms with van der Waals surface area (Å²) in [6.07, 6.45) is 3.63. The van der Waals surface area contributed by atoms with Gasteiger partial charge in [0.15, 0.2) is 5.82 Å². The molecule has 4 nitrogen and oxygen atoms in total. The lowest BCUT2D eigenvalue weighted by Gasteiger charge is -2.01. The van der Waals surface area contributed by atoms with Gasteiger partial charge in [-0.05, 0) is 28.1 Å². The van der Waals surface area contributed by atoms with Crippen molar-refractivity contribution in [2.45, 2.75) is 13.1 Å². The zero-order chi connectivity index (χ0) is 11.0. The summed E-state index contributed by atoms with van der Waals surface area (Å²) >= 11 is 3.35. The molecule has 0 amide bonds. The average Bonchev–Trinajstić information content (AvgIpc) is 2.77. The van der Waals surface area contributed by atoms with Crippen LogP contribution in [0.4, 0.5) is 0 Å². The molecular weight excluding hydrogens is 268 g/mol. The largest absolute Gasteiger partial charge is 0.307 e. The van der Waals surface area contributed by atoms with E-state index in [0.717, 1.165) is 29.0 Å². The number of fused-ring (bicyclic) bond motifs is 1. The number of hydrogen-bond donors (Lipinski definition) is 1. The first-order chi connectivity index (χ1) is 7.83. The normalized spacial score (nSPS) is 13.8. The molecular formula is C11H9BrN4. The zero-order valence-electron chi connectivity index (χ0n) is 8.44. The van der Waals surface area contributed by atoms with Crippen LogP contribution >= 0.6 is 15.9 Å². The van der Waals surface area contributed by atoms with Gasteiger partial charge in [0.25, 0.3) is 0 Å². The van der Waals surface area contributed by atoms with Crippen LogP contribution in [0.2, 0.25) is 0 Å². The van der Waals surface area contributed by atoms with E-state index in [9.17, 15) is 0 Å². The third-order valence-corrected chi connectivity index (χ3v) is 2.99. The Bertz CT molecular complexity index is 524. The van der Waals surface area contributed by atoms with E-state index in [2.05, 4.69) is 36.2 Å². The number of hydrogen-bond acceptors (Lipinski definition) is 4. The van der Waals surface area contributed by atoms with Crippen molar-refractivity contribution in [2.75, 3.05) is 0 Å². The van der Waals surface area contributed by atoms with E-state index in [1.165, 1.54) is 5.56 Å². The molecule has 0 spiro atoms. The van der Waals surface area contributed by atoms with Crippen LogP contribution in [-0.4, -0.2) is 15.0 Å². The molecule has 3 rings (SSSR count). The highest BCUT2D eigenvalue weighted by Crippen LogP contribution is 2.18. The summed E-state index contributed by atoms with van der Waals surface area (Å²) in [5, 5.41) is 3.25. The quantitative estimate of drug-likeness (QED) is 0.865. The van der Waals surface area contributed by atoms with Gasteiger partial charge >= 0.3 is 0 Å².